The summed E-state index contributed by atoms with van der Waals surface area (Å²) >= 11 is 2.24. The van der Waals surface area contributed by atoms with Crippen LogP contribution in [-0.4, -0.2) is 19.2 Å². The number of hydrogen-bond donors (Lipinski definition) is 0. The molecule has 2 aromatic carbocycles. The van der Waals surface area contributed by atoms with Gasteiger partial charge >= 0.3 is 5.97 Å². The predicted molar refractivity (Wildman–Crippen MR) is 115 cm³/mol. The third-order valence-electron chi connectivity index (χ3n) is 3.79. The van der Waals surface area contributed by atoms with Gasteiger partial charge in [-0.1, -0.05) is 24.1 Å². The van der Waals surface area contributed by atoms with Gasteiger partial charge in [0.25, 0.3) is 0 Å². The quantitative estimate of drug-likeness (QED) is 0.126. The molecular weight excluding hydrogens is 462 g/mol. The average Bonchev–Trinajstić information content (AvgIpc) is 2.66. The summed E-state index contributed by atoms with van der Waals surface area (Å²) in [6.07, 6.45) is 4.42. The second-order valence-corrected chi connectivity index (χ2v) is 7.68. The first-order valence-electron chi connectivity index (χ1n) is 8.68. The van der Waals surface area contributed by atoms with E-state index in [0.29, 0.717) is 24.4 Å². The van der Waals surface area contributed by atoms with Gasteiger partial charge in [-0.25, -0.2) is 4.79 Å². The number of unbranched alkanes of at least 4 members (excludes halogenated alkanes) is 3. The molecule has 0 aromatic heterocycles. The highest BCUT2D eigenvalue weighted by Gasteiger charge is 2.08. The molecule has 0 saturated carbocycles. The van der Waals surface area contributed by atoms with Crippen molar-refractivity contribution in [2.45, 2.75) is 32.6 Å². The van der Waals surface area contributed by atoms with Crippen LogP contribution in [0, 0.1) is 6.92 Å². The van der Waals surface area contributed by atoms with Crippen LogP contribution in [0.25, 0.3) is 0 Å². The molecule has 1 unspecified atom stereocenters. The molecule has 0 aliphatic rings. The van der Waals surface area contributed by atoms with Crippen LogP contribution in [0.15, 0.2) is 48.5 Å². The summed E-state index contributed by atoms with van der Waals surface area (Å²) in [7, 11) is 0. The Morgan fingerprint density at radius 3 is 2.15 bits per heavy atom. The smallest absolute Gasteiger partial charge is 0.343 e. The fourth-order valence-corrected chi connectivity index (χ4v) is 3.20. The molecule has 0 heterocycles. The number of benzene rings is 2. The lowest BCUT2D eigenvalue weighted by molar-refractivity contribution is 0.0734. The summed E-state index contributed by atoms with van der Waals surface area (Å²) in [4.78, 5) is 12.1. The Morgan fingerprint density at radius 1 is 0.885 bits per heavy atom. The molecule has 0 aliphatic heterocycles. The fraction of sp³-hybridized carbons (Fsp3) is 0.350. The molecule has 0 radical (unpaired) electrons. The van der Waals surface area contributed by atoms with Gasteiger partial charge in [0.2, 0.25) is 0 Å². The minimum absolute atomic E-state index is 0.366. The summed E-state index contributed by atoms with van der Waals surface area (Å²) < 4.78 is 16.4. The largest absolute Gasteiger partial charge is 0.494 e. The third-order valence-corrected chi connectivity index (χ3v) is 5.03. The molecule has 2 rings (SSSR count). The molecule has 26 heavy (non-hydrogen) atoms. The number of hydrogen-bond acceptors (Lipinski definition) is 4. The zero-order valence-corrected chi connectivity index (χ0v) is 18.0. The van der Waals surface area contributed by atoms with E-state index in [0.717, 1.165) is 43.6 Å². The Labute approximate surface area is 170 Å². The second-order valence-electron chi connectivity index (χ2n) is 5.92. The number of rotatable bonds is 11. The van der Waals surface area contributed by atoms with Crippen LogP contribution in [0.3, 0.4) is 0 Å². The van der Waals surface area contributed by atoms with Crippen molar-refractivity contribution in [3.63, 3.8) is 0 Å². The lowest BCUT2D eigenvalue weighted by Gasteiger charge is -2.08. The number of carbonyl (C=O) groups excluding carboxylic acids is 1. The van der Waals surface area contributed by atoms with E-state index >= 15 is 0 Å². The van der Waals surface area contributed by atoms with Crippen molar-refractivity contribution < 1.29 is 18.8 Å². The van der Waals surface area contributed by atoms with Crippen molar-refractivity contribution in [3.8, 4) is 11.5 Å². The van der Waals surface area contributed by atoms with Crippen molar-refractivity contribution >= 4 is 34.5 Å². The Hall–Kier alpha value is -1.17. The number of carbonyl (C=O) groups is 1. The second kappa shape index (κ2) is 12.3. The first kappa shape index (κ1) is 21.1. The van der Waals surface area contributed by atoms with Crippen LogP contribution in [-0.2, 0) is 4.52 Å². The zero-order valence-electron chi connectivity index (χ0n) is 14.9. The normalized spacial score (nSPS) is 11.0. The van der Waals surface area contributed by atoms with Crippen LogP contribution in [0.2, 0.25) is 0 Å². The molecule has 140 valence electrons. The van der Waals surface area contributed by atoms with Gasteiger partial charge in [0.15, 0.2) is 0 Å². The van der Waals surface area contributed by atoms with Crippen molar-refractivity contribution in [2.75, 3.05) is 13.2 Å². The molecule has 6 heteroatoms. The Bertz CT molecular complexity index is 659. The molecule has 0 spiro atoms. The Morgan fingerprint density at radius 2 is 1.50 bits per heavy atom. The number of aryl methyl sites for hydroxylation is 1. The molecule has 1 atom stereocenters. The van der Waals surface area contributed by atoms with Gasteiger partial charge in [-0.2, -0.15) is 0 Å². The van der Waals surface area contributed by atoms with Crippen molar-refractivity contribution in [1.82, 2.24) is 0 Å². The van der Waals surface area contributed by atoms with Crippen LogP contribution in [0.5, 0.6) is 11.5 Å². The van der Waals surface area contributed by atoms with Crippen molar-refractivity contribution in [3.05, 3.63) is 59.7 Å². The van der Waals surface area contributed by atoms with Crippen LogP contribution in [0.1, 0.15) is 41.6 Å². The van der Waals surface area contributed by atoms with Crippen LogP contribution >= 0.6 is 28.5 Å². The summed E-state index contributed by atoms with van der Waals surface area (Å²) in [6, 6.07) is 14.5. The average molecular weight is 486 g/mol. The molecule has 0 saturated heterocycles. The van der Waals surface area contributed by atoms with E-state index in [-0.39, 0.29) is 5.97 Å². The van der Waals surface area contributed by atoms with Gasteiger partial charge in [0, 0.05) is 0 Å². The maximum atomic E-state index is 12.1. The van der Waals surface area contributed by atoms with E-state index in [1.807, 2.05) is 19.1 Å². The van der Waals surface area contributed by atoms with E-state index in [4.69, 9.17) is 14.0 Å². The van der Waals surface area contributed by atoms with Crippen LogP contribution < -0.4 is 9.47 Å². The molecule has 0 N–H and O–H groups in total. The van der Waals surface area contributed by atoms with E-state index in [2.05, 4.69) is 22.0 Å². The molecule has 2 aromatic rings. The summed E-state index contributed by atoms with van der Waals surface area (Å²) in [5.74, 6) is 0.950. The lowest BCUT2D eigenvalue weighted by atomic mass is 10.2. The summed E-state index contributed by atoms with van der Waals surface area (Å²) in [5.41, 5.74) is 1.63. The van der Waals surface area contributed by atoms with Crippen molar-refractivity contribution in [2.24, 2.45) is 0 Å². The monoisotopic (exact) mass is 486 g/mol. The van der Waals surface area contributed by atoms with Gasteiger partial charge < -0.3 is 14.0 Å². The zero-order chi connectivity index (χ0) is 18.6. The van der Waals surface area contributed by atoms with Crippen LogP contribution in [0.4, 0.5) is 0 Å². The number of halogens is 1. The first-order chi connectivity index (χ1) is 12.7. The van der Waals surface area contributed by atoms with Gasteiger partial charge in [-0.05, 0) is 84.6 Å². The van der Waals surface area contributed by atoms with E-state index in [1.165, 1.54) is 0 Å². The number of ether oxygens (including phenoxy) is 2. The molecule has 0 fully saturated rings. The maximum absolute atomic E-state index is 12.1. The molecule has 0 bridgehead atoms. The minimum Gasteiger partial charge on any atom is -0.494 e. The van der Waals surface area contributed by atoms with Gasteiger partial charge in [-0.3, -0.25) is 0 Å². The lowest BCUT2D eigenvalue weighted by Crippen LogP contribution is -2.08. The standard InChI is InChI=1S/C20H24IO4P/c1-16-6-10-19(11-7-16)25-20(22)17-8-12-18(13-9-17)23-14-4-2-3-5-15-24-26-21/h6-13,26H,2-5,14-15H2,1H3. The van der Waals surface area contributed by atoms with E-state index < -0.39 is 0 Å². The maximum Gasteiger partial charge on any atom is 0.343 e. The summed E-state index contributed by atoms with van der Waals surface area (Å²) in [5, 5.41) is 0. The van der Waals surface area contributed by atoms with Gasteiger partial charge in [0.05, 0.1) is 25.2 Å². The highest BCUT2D eigenvalue weighted by Crippen LogP contribution is 2.22. The fourth-order valence-electron chi connectivity index (χ4n) is 2.32. The summed E-state index contributed by atoms with van der Waals surface area (Å²) in [6.45, 7) is 4.07. The molecule has 4 nitrogen and oxygen atoms in total. The Kier molecular flexibility index (Phi) is 9.96. The molecule has 0 amide bonds. The van der Waals surface area contributed by atoms with Gasteiger partial charge in [0.1, 0.15) is 11.5 Å². The van der Waals surface area contributed by atoms with E-state index in [1.54, 1.807) is 36.4 Å². The van der Waals surface area contributed by atoms with Crippen molar-refractivity contribution in [1.29, 1.82) is 0 Å². The molecular formula is C20H24IO4P. The predicted octanol–water partition coefficient (Wildman–Crippen LogP) is 6.11. The topological polar surface area (TPSA) is 44.8 Å². The SMILES string of the molecule is Cc1ccc(OC(=O)c2ccc(OCCCCCCOPI)cc2)cc1. The minimum atomic E-state index is -0.366. The third kappa shape index (κ3) is 8.02. The molecule has 0 aliphatic carbocycles. The first-order valence-corrected chi connectivity index (χ1v) is 12.7. The highest BCUT2D eigenvalue weighted by molar-refractivity contribution is 14.2. The highest BCUT2D eigenvalue weighted by atomic mass is 127. The number of esters is 1. The Balaban J connectivity index is 1.68. The van der Waals surface area contributed by atoms with E-state index in [9.17, 15) is 4.79 Å². The van der Waals surface area contributed by atoms with Gasteiger partial charge in [-0.15, -0.1) is 0 Å².